The smallest absolute Gasteiger partial charge is 0.219 e. The highest BCUT2D eigenvalue weighted by Crippen LogP contribution is 2.21. The monoisotopic (exact) mass is 297 g/mol. The average molecular weight is 297 g/mol. The van der Waals surface area contributed by atoms with Crippen LogP contribution in [0.4, 0.5) is 0 Å². The molecule has 1 saturated heterocycles. The number of amides is 1. The molecular formula is C18H23N3O. The summed E-state index contributed by atoms with van der Waals surface area (Å²) in [5.41, 5.74) is 2.49. The van der Waals surface area contributed by atoms with Gasteiger partial charge in [0, 0.05) is 44.9 Å². The van der Waals surface area contributed by atoms with E-state index in [4.69, 9.17) is 0 Å². The minimum absolute atomic E-state index is 0.186. The van der Waals surface area contributed by atoms with E-state index in [0.717, 1.165) is 38.3 Å². The molecule has 0 aliphatic carbocycles. The summed E-state index contributed by atoms with van der Waals surface area (Å²) in [6.07, 6.45) is 3.98. The van der Waals surface area contributed by atoms with Gasteiger partial charge in [-0.1, -0.05) is 30.3 Å². The standard InChI is InChI=1S/C18H23N3O/c1-14-11-19-18(10-17-8-9-20(12-17)15(2)22)21(14)13-16-6-4-3-5-7-16/h3-7,11,17H,8-10,12-13H2,1-2H3. The van der Waals surface area contributed by atoms with E-state index in [1.54, 1.807) is 6.92 Å². The molecule has 116 valence electrons. The number of hydrogen-bond donors (Lipinski definition) is 0. The maximum Gasteiger partial charge on any atom is 0.219 e. The van der Waals surface area contributed by atoms with Gasteiger partial charge < -0.3 is 9.47 Å². The van der Waals surface area contributed by atoms with Crippen molar-refractivity contribution in [2.45, 2.75) is 33.2 Å². The molecular weight excluding hydrogens is 274 g/mol. The van der Waals surface area contributed by atoms with Crippen LogP contribution in [0.3, 0.4) is 0 Å². The van der Waals surface area contributed by atoms with Crippen LogP contribution in [0.2, 0.25) is 0 Å². The number of likely N-dealkylation sites (tertiary alicyclic amines) is 1. The lowest BCUT2D eigenvalue weighted by Gasteiger charge is -2.15. The Bertz CT molecular complexity index is 648. The first-order chi connectivity index (χ1) is 10.6. The van der Waals surface area contributed by atoms with Gasteiger partial charge in [-0.3, -0.25) is 4.79 Å². The van der Waals surface area contributed by atoms with Gasteiger partial charge in [0.15, 0.2) is 0 Å². The number of imidazole rings is 1. The van der Waals surface area contributed by atoms with Gasteiger partial charge in [0.05, 0.1) is 0 Å². The van der Waals surface area contributed by atoms with Gasteiger partial charge >= 0.3 is 0 Å². The first-order valence-electron chi connectivity index (χ1n) is 7.94. The SMILES string of the molecule is CC(=O)N1CCC(Cc2ncc(C)n2Cc2ccccc2)C1. The van der Waals surface area contributed by atoms with E-state index in [0.29, 0.717) is 5.92 Å². The number of benzene rings is 1. The van der Waals surface area contributed by atoms with Crippen molar-refractivity contribution >= 4 is 5.91 Å². The summed E-state index contributed by atoms with van der Waals surface area (Å²) in [4.78, 5) is 18.0. The normalized spacial score (nSPS) is 17.9. The van der Waals surface area contributed by atoms with Crippen LogP contribution in [0.15, 0.2) is 36.5 Å². The highest BCUT2D eigenvalue weighted by Gasteiger charge is 2.25. The molecule has 4 nitrogen and oxygen atoms in total. The van der Waals surface area contributed by atoms with Gasteiger partial charge in [-0.2, -0.15) is 0 Å². The predicted molar refractivity (Wildman–Crippen MR) is 86.6 cm³/mol. The molecule has 0 N–H and O–H groups in total. The fraction of sp³-hybridized carbons (Fsp3) is 0.444. The molecule has 22 heavy (non-hydrogen) atoms. The lowest BCUT2D eigenvalue weighted by Crippen LogP contribution is -2.26. The number of nitrogens with zero attached hydrogens (tertiary/aromatic N) is 3. The Labute approximate surface area is 131 Å². The third-order valence-electron chi connectivity index (χ3n) is 4.52. The molecule has 0 bridgehead atoms. The van der Waals surface area contributed by atoms with Crippen LogP contribution < -0.4 is 0 Å². The largest absolute Gasteiger partial charge is 0.343 e. The van der Waals surface area contributed by atoms with Gasteiger partial charge in [-0.25, -0.2) is 4.98 Å². The van der Waals surface area contributed by atoms with Gasteiger partial charge in [-0.05, 0) is 24.8 Å². The lowest BCUT2D eigenvalue weighted by molar-refractivity contribution is -0.127. The minimum atomic E-state index is 0.186. The van der Waals surface area contributed by atoms with E-state index >= 15 is 0 Å². The molecule has 1 fully saturated rings. The Morgan fingerprint density at radius 3 is 2.77 bits per heavy atom. The second-order valence-corrected chi connectivity index (χ2v) is 6.21. The molecule has 1 unspecified atom stereocenters. The summed E-state index contributed by atoms with van der Waals surface area (Å²) in [7, 11) is 0. The highest BCUT2D eigenvalue weighted by atomic mass is 16.2. The molecule has 2 aromatic rings. The summed E-state index contributed by atoms with van der Waals surface area (Å²) >= 11 is 0. The van der Waals surface area contributed by atoms with Gasteiger partial charge in [0.2, 0.25) is 5.91 Å². The Kier molecular flexibility index (Phi) is 4.27. The van der Waals surface area contributed by atoms with Crippen LogP contribution in [0.1, 0.15) is 30.4 Å². The van der Waals surface area contributed by atoms with E-state index in [1.165, 1.54) is 11.3 Å². The maximum absolute atomic E-state index is 11.5. The summed E-state index contributed by atoms with van der Waals surface area (Å²) in [5.74, 6) is 1.85. The first kappa shape index (κ1) is 14.8. The zero-order chi connectivity index (χ0) is 15.5. The predicted octanol–water partition coefficient (Wildman–Crippen LogP) is 2.65. The Balaban J connectivity index is 1.71. The van der Waals surface area contributed by atoms with Crippen molar-refractivity contribution in [2.24, 2.45) is 5.92 Å². The van der Waals surface area contributed by atoms with E-state index in [9.17, 15) is 4.79 Å². The highest BCUT2D eigenvalue weighted by molar-refractivity contribution is 5.73. The Morgan fingerprint density at radius 2 is 2.09 bits per heavy atom. The molecule has 1 aromatic carbocycles. The van der Waals surface area contributed by atoms with Crippen LogP contribution in [0, 0.1) is 12.8 Å². The maximum atomic E-state index is 11.5. The van der Waals surface area contributed by atoms with E-state index in [2.05, 4.69) is 40.7 Å². The van der Waals surface area contributed by atoms with E-state index < -0.39 is 0 Å². The van der Waals surface area contributed by atoms with Gasteiger partial charge in [0.1, 0.15) is 5.82 Å². The molecule has 1 aliphatic rings. The quantitative estimate of drug-likeness (QED) is 0.870. The van der Waals surface area contributed by atoms with Crippen LogP contribution in [0.5, 0.6) is 0 Å². The van der Waals surface area contributed by atoms with Crippen LogP contribution in [-0.2, 0) is 17.8 Å². The average Bonchev–Trinajstić information content (AvgIpc) is 3.11. The Morgan fingerprint density at radius 1 is 1.32 bits per heavy atom. The number of aryl methyl sites for hydroxylation is 1. The molecule has 1 atom stereocenters. The minimum Gasteiger partial charge on any atom is -0.343 e. The molecule has 0 radical (unpaired) electrons. The van der Waals surface area contributed by atoms with Crippen LogP contribution >= 0.6 is 0 Å². The molecule has 3 rings (SSSR count). The fourth-order valence-corrected chi connectivity index (χ4v) is 3.20. The molecule has 2 heterocycles. The lowest BCUT2D eigenvalue weighted by atomic mass is 10.0. The van der Waals surface area contributed by atoms with Crippen LogP contribution in [-0.4, -0.2) is 33.4 Å². The van der Waals surface area contributed by atoms with Crippen LogP contribution in [0.25, 0.3) is 0 Å². The van der Waals surface area contributed by atoms with Crippen molar-refractivity contribution in [3.05, 3.63) is 53.6 Å². The van der Waals surface area contributed by atoms with Crippen molar-refractivity contribution in [2.75, 3.05) is 13.1 Å². The molecule has 0 saturated carbocycles. The van der Waals surface area contributed by atoms with Crippen molar-refractivity contribution in [1.82, 2.24) is 14.5 Å². The van der Waals surface area contributed by atoms with E-state index in [1.807, 2.05) is 17.2 Å². The number of carbonyl (C=O) groups is 1. The Hall–Kier alpha value is -2.10. The number of hydrogen-bond acceptors (Lipinski definition) is 2. The number of rotatable bonds is 4. The molecule has 1 aromatic heterocycles. The number of aromatic nitrogens is 2. The molecule has 4 heteroatoms. The summed E-state index contributed by atoms with van der Waals surface area (Å²) in [6, 6.07) is 10.5. The van der Waals surface area contributed by atoms with Crippen molar-refractivity contribution < 1.29 is 4.79 Å². The van der Waals surface area contributed by atoms with Crippen molar-refractivity contribution in [1.29, 1.82) is 0 Å². The van der Waals surface area contributed by atoms with E-state index in [-0.39, 0.29) is 5.91 Å². The zero-order valence-corrected chi connectivity index (χ0v) is 13.3. The molecule has 0 spiro atoms. The third kappa shape index (κ3) is 3.21. The first-order valence-corrected chi connectivity index (χ1v) is 7.94. The van der Waals surface area contributed by atoms with Crippen molar-refractivity contribution in [3.63, 3.8) is 0 Å². The summed E-state index contributed by atoms with van der Waals surface area (Å²) < 4.78 is 2.30. The number of carbonyl (C=O) groups excluding carboxylic acids is 1. The third-order valence-corrected chi connectivity index (χ3v) is 4.52. The topological polar surface area (TPSA) is 38.1 Å². The summed E-state index contributed by atoms with van der Waals surface area (Å²) in [5, 5.41) is 0. The second-order valence-electron chi connectivity index (χ2n) is 6.21. The second kappa shape index (κ2) is 6.34. The zero-order valence-electron chi connectivity index (χ0n) is 13.3. The summed E-state index contributed by atoms with van der Waals surface area (Å²) in [6.45, 7) is 6.38. The molecule has 1 amide bonds. The fourth-order valence-electron chi connectivity index (χ4n) is 3.20. The molecule has 1 aliphatic heterocycles. The van der Waals surface area contributed by atoms with Gasteiger partial charge in [-0.15, -0.1) is 0 Å². The van der Waals surface area contributed by atoms with Crippen molar-refractivity contribution in [3.8, 4) is 0 Å². The van der Waals surface area contributed by atoms with Gasteiger partial charge in [0.25, 0.3) is 0 Å².